The number of alkyl halides is 6. The van der Waals surface area contributed by atoms with Gasteiger partial charge in [0.25, 0.3) is 0 Å². The van der Waals surface area contributed by atoms with E-state index in [1.165, 1.54) is 12.1 Å². The molecular formula is C13H14F6N4O2. The number of guanidine groups is 1. The van der Waals surface area contributed by atoms with Gasteiger partial charge in [-0.05, 0) is 24.3 Å². The number of likely N-dealkylation sites (N-methyl/N-ethyl adjacent to an activating group) is 1. The van der Waals surface area contributed by atoms with Gasteiger partial charge in [0.1, 0.15) is 18.8 Å². The highest BCUT2D eigenvalue weighted by Gasteiger charge is 2.31. The lowest BCUT2D eigenvalue weighted by atomic mass is 10.3. The van der Waals surface area contributed by atoms with E-state index >= 15 is 0 Å². The molecule has 0 aromatic heterocycles. The average Bonchev–Trinajstić information content (AvgIpc) is 2.43. The summed E-state index contributed by atoms with van der Waals surface area (Å²) in [6.07, 6.45) is -9.35. The molecule has 6 nitrogen and oxygen atoms in total. The van der Waals surface area contributed by atoms with Gasteiger partial charge >= 0.3 is 12.5 Å². The van der Waals surface area contributed by atoms with Crippen molar-refractivity contribution in [3.05, 3.63) is 24.3 Å². The third-order valence-corrected chi connectivity index (χ3v) is 2.59. The summed E-state index contributed by atoms with van der Waals surface area (Å²) < 4.78 is 76.1. The molecule has 12 heteroatoms. The van der Waals surface area contributed by atoms with Gasteiger partial charge in [0.2, 0.25) is 5.91 Å². The van der Waals surface area contributed by atoms with Gasteiger partial charge in [-0.25, -0.2) is 4.99 Å². The van der Waals surface area contributed by atoms with Crippen LogP contribution < -0.4 is 15.8 Å². The number of benzene rings is 1. The van der Waals surface area contributed by atoms with E-state index < -0.39 is 37.3 Å². The molecule has 0 saturated heterocycles. The van der Waals surface area contributed by atoms with Crippen molar-refractivity contribution in [2.75, 3.05) is 25.5 Å². The monoisotopic (exact) mass is 372 g/mol. The maximum Gasteiger partial charge on any atom is 0.573 e. The van der Waals surface area contributed by atoms with Gasteiger partial charge in [-0.3, -0.25) is 4.79 Å². The molecule has 0 fully saturated rings. The zero-order valence-electron chi connectivity index (χ0n) is 12.8. The first kappa shape index (κ1) is 20.4. The summed E-state index contributed by atoms with van der Waals surface area (Å²) in [5.41, 5.74) is 5.70. The van der Waals surface area contributed by atoms with Gasteiger partial charge in [-0.2, -0.15) is 13.2 Å². The van der Waals surface area contributed by atoms with Gasteiger partial charge in [-0.15, -0.1) is 13.2 Å². The van der Waals surface area contributed by atoms with E-state index in [9.17, 15) is 31.1 Å². The molecule has 1 amide bonds. The Morgan fingerprint density at radius 3 is 2.24 bits per heavy atom. The van der Waals surface area contributed by atoms with Crippen LogP contribution >= 0.6 is 0 Å². The number of hydrogen-bond acceptors (Lipinski definition) is 3. The van der Waals surface area contributed by atoms with Gasteiger partial charge in [0, 0.05) is 12.7 Å². The Balaban J connectivity index is 2.56. The highest BCUT2D eigenvalue weighted by Crippen LogP contribution is 2.23. The molecule has 0 aliphatic heterocycles. The number of amides is 1. The van der Waals surface area contributed by atoms with Crippen molar-refractivity contribution in [2.45, 2.75) is 12.5 Å². The molecule has 0 radical (unpaired) electrons. The highest BCUT2D eigenvalue weighted by molar-refractivity contribution is 5.93. The minimum Gasteiger partial charge on any atom is -0.406 e. The van der Waals surface area contributed by atoms with Crippen molar-refractivity contribution in [1.29, 1.82) is 0 Å². The molecule has 0 aliphatic carbocycles. The summed E-state index contributed by atoms with van der Waals surface area (Å²) in [4.78, 5) is 15.5. The fraction of sp³-hybridized carbons (Fsp3) is 0.385. The largest absolute Gasteiger partial charge is 0.573 e. The number of carbonyl (C=O) groups is 1. The van der Waals surface area contributed by atoms with Crippen molar-refractivity contribution < 1.29 is 35.9 Å². The van der Waals surface area contributed by atoms with Crippen LogP contribution in [-0.2, 0) is 4.79 Å². The lowest BCUT2D eigenvalue weighted by molar-refractivity contribution is -0.274. The topological polar surface area (TPSA) is 80.0 Å². The number of hydrogen-bond donors (Lipinski definition) is 2. The Kier molecular flexibility index (Phi) is 6.48. The summed E-state index contributed by atoms with van der Waals surface area (Å²) in [5.74, 6) is -1.65. The van der Waals surface area contributed by atoms with Crippen LogP contribution in [0.5, 0.6) is 5.75 Å². The molecule has 25 heavy (non-hydrogen) atoms. The zero-order valence-corrected chi connectivity index (χ0v) is 12.8. The summed E-state index contributed by atoms with van der Waals surface area (Å²) in [7, 11) is 0.967. The molecule has 1 aromatic rings. The van der Waals surface area contributed by atoms with Crippen LogP contribution in [0.2, 0.25) is 0 Å². The SMILES string of the molecule is CN(CC(F)(F)F)C(=O)CN=C(N)Nc1ccc(OC(F)(F)F)cc1. The van der Waals surface area contributed by atoms with Crippen molar-refractivity contribution in [3.63, 3.8) is 0 Å². The number of halogens is 6. The molecule has 0 heterocycles. The molecule has 0 bridgehead atoms. The molecule has 0 atom stereocenters. The number of carbonyl (C=O) groups excluding carboxylic acids is 1. The van der Waals surface area contributed by atoms with Gasteiger partial charge < -0.3 is 20.7 Å². The van der Waals surface area contributed by atoms with E-state index in [2.05, 4.69) is 15.0 Å². The summed E-state index contributed by atoms with van der Waals surface area (Å²) >= 11 is 0. The first-order valence-corrected chi connectivity index (χ1v) is 6.59. The number of anilines is 1. The maximum absolute atomic E-state index is 12.1. The van der Waals surface area contributed by atoms with Crippen LogP contribution in [0.15, 0.2) is 29.3 Å². The lowest BCUT2D eigenvalue weighted by Crippen LogP contribution is -2.37. The number of rotatable bonds is 5. The van der Waals surface area contributed by atoms with Crippen LogP contribution in [0.25, 0.3) is 0 Å². The van der Waals surface area contributed by atoms with Crippen LogP contribution in [-0.4, -0.2) is 49.4 Å². The van der Waals surface area contributed by atoms with E-state index in [0.29, 0.717) is 4.90 Å². The lowest BCUT2D eigenvalue weighted by Gasteiger charge is -2.18. The van der Waals surface area contributed by atoms with E-state index in [1.807, 2.05) is 0 Å². The summed E-state index contributed by atoms with van der Waals surface area (Å²) in [6, 6.07) is 4.46. The van der Waals surface area contributed by atoms with Crippen LogP contribution in [0.1, 0.15) is 0 Å². The molecule has 3 N–H and O–H groups in total. The first-order chi connectivity index (χ1) is 11.4. The fourth-order valence-corrected chi connectivity index (χ4v) is 1.56. The van der Waals surface area contributed by atoms with Crippen molar-refractivity contribution in [3.8, 4) is 5.75 Å². The van der Waals surface area contributed by atoms with Gasteiger partial charge in [-0.1, -0.05) is 0 Å². The minimum absolute atomic E-state index is 0.242. The van der Waals surface area contributed by atoms with Crippen LogP contribution in [0.4, 0.5) is 32.0 Å². The van der Waals surface area contributed by atoms with Crippen molar-refractivity contribution in [2.24, 2.45) is 10.7 Å². The van der Waals surface area contributed by atoms with Crippen LogP contribution in [0.3, 0.4) is 0 Å². The summed E-state index contributed by atoms with van der Waals surface area (Å²) in [5, 5.41) is 2.47. The molecule has 1 rings (SSSR count). The Hall–Kier alpha value is -2.66. The second-order valence-electron chi connectivity index (χ2n) is 4.76. The highest BCUT2D eigenvalue weighted by atomic mass is 19.4. The molecule has 0 saturated carbocycles. The number of ether oxygens (including phenoxy) is 1. The van der Waals surface area contributed by atoms with Gasteiger partial charge in [0.15, 0.2) is 5.96 Å². The number of nitrogens with two attached hydrogens (primary N) is 1. The van der Waals surface area contributed by atoms with E-state index in [1.54, 1.807) is 0 Å². The number of aliphatic imine (C=N–C) groups is 1. The van der Waals surface area contributed by atoms with E-state index in [-0.39, 0.29) is 11.6 Å². The van der Waals surface area contributed by atoms with Gasteiger partial charge in [0.05, 0.1) is 0 Å². The Morgan fingerprint density at radius 2 is 1.76 bits per heavy atom. The number of nitrogens with one attached hydrogen (secondary N) is 1. The minimum atomic E-state index is -4.82. The Bertz CT molecular complexity index is 612. The molecular weight excluding hydrogens is 358 g/mol. The number of nitrogens with zero attached hydrogens (tertiary/aromatic N) is 2. The normalized spacial score (nSPS) is 12.7. The predicted molar refractivity (Wildman–Crippen MR) is 76.9 cm³/mol. The smallest absolute Gasteiger partial charge is 0.406 e. The molecule has 0 unspecified atom stereocenters. The second kappa shape index (κ2) is 7.94. The van der Waals surface area contributed by atoms with Crippen molar-refractivity contribution >= 4 is 17.6 Å². The fourth-order valence-electron chi connectivity index (χ4n) is 1.56. The zero-order chi connectivity index (χ0) is 19.3. The van der Waals surface area contributed by atoms with E-state index in [4.69, 9.17) is 5.73 Å². The second-order valence-corrected chi connectivity index (χ2v) is 4.76. The van der Waals surface area contributed by atoms with Crippen LogP contribution in [0, 0.1) is 0 Å². The predicted octanol–water partition coefficient (Wildman–Crippen LogP) is 2.33. The Morgan fingerprint density at radius 1 is 1.20 bits per heavy atom. The molecule has 0 aliphatic rings. The summed E-state index contributed by atoms with van der Waals surface area (Å²) in [6.45, 7) is -2.05. The third kappa shape index (κ3) is 8.67. The molecule has 0 spiro atoms. The standard InChI is InChI=1S/C13H14F6N4O2/c1-23(7-12(14,15)16)10(24)6-21-11(20)22-8-2-4-9(5-3-8)25-13(17,18)19/h2-5H,6-7H2,1H3,(H3,20,21,22). The van der Waals surface area contributed by atoms with Crippen molar-refractivity contribution in [1.82, 2.24) is 4.90 Å². The van der Waals surface area contributed by atoms with E-state index in [0.717, 1.165) is 19.2 Å². The molecule has 140 valence electrons. The maximum atomic E-state index is 12.1. The quantitative estimate of drug-likeness (QED) is 0.472. The average molecular weight is 372 g/mol. The third-order valence-electron chi connectivity index (χ3n) is 2.59. The first-order valence-electron chi connectivity index (χ1n) is 6.59. The molecule has 1 aromatic carbocycles. The Labute approximate surface area is 138 Å².